The molecule has 0 unspecified atom stereocenters. The van der Waals surface area contributed by atoms with Crippen molar-refractivity contribution in [3.05, 3.63) is 30.3 Å². The molecule has 88 valence electrons. The summed E-state index contributed by atoms with van der Waals surface area (Å²) in [4.78, 5) is 11.3. The van der Waals surface area contributed by atoms with Gasteiger partial charge in [0.15, 0.2) is 6.29 Å². The SMILES string of the molecule is COC(CNC(=O)Oc1ccccc1)OC. The summed E-state index contributed by atoms with van der Waals surface area (Å²) in [7, 11) is 3.00. The van der Waals surface area contributed by atoms with E-state index >= 15 is 0 Å². The second kappa shape index (κ2) is 6.81. The molecule has 0 heterocycles. The van der Waals surface area contributed by atoms with E-state index in [0.29, 0.717) is 5.75 Å². The lowest BCUT2D eigenvalue weighted by Gasteiger charge is -2.13. The van der Waals surface area contributed by atoms with E-state index in [1.54, 1.807) is 24.3 Å². The lowest BCUT2D eigenvalue weighted by atomic mass is 10.3. The molecule has 5 heteroatoms. The summed E-state index contributed by atoms with van der Waals surface area (Å²) in [5, 5.41) is 2.52. The Morgan fingerprint density at radius 2 is 1.88 bits per heavy atom. The van der Waals surface area contributed by atoms with Gasteiger partial charge in [0.1, 0.15) is 5.75 Å². The molecule has 1 amide bonds. The zero-order valence-corrected chi connectivity index (χ0v) is 9.30. The largest absolute Gasteiger partial charge is 0.412 e. The number of rotatable bonds is 5. The van der Waals surface area contributed by atoms with Gasteiger partial charge < -0.3 is 19.5 Å². The van der Waals surface area contributed by atoms with E-state index in [1.165, 1.54) is 14.2 Å². The van der Waals surface area contributed by atoms with Crippen LogP contribution in [0.4, 0.5) is 4.79 Å². The van der Waals surface area contributed by atoms with Gasteiger partial charge in [-0.3, -0.25) is 0 Å². The summed E-state index contributed by atoms with van der Waals surface area (Å²) < 4.78 is 14.8. The summed E-state index contributed by atoms with van der Waals surface area (Å²) >= 11 is 0. The minimum atomic E-state index is -0.537. The highest BCUT2D eigenvalue weighted by Gasteiger charge is 2.08. The number of carbonyl (C=O) groups excluding carboxylic acids is 1. The first-order valence-corrected chi connectivity index (χ1v) is 4.82. The van der Waals surface area contributed by atoms with Crippen LogP contribution in [0.5, 0.6) is 5.75 Å². The van der Waals surface area contributed by atoms with Gasteiger partial charge in [0, 0.05) is 14.2 Å². The molecule has 1 aromatic rings. The monoisotopic (exact) mass is 225 g/mol. The molecule has 1 aromatic carbocycles. The Bertz CT molecular complexity index is 311. The zero-order valence-electron chi connectivity index (χ0n) is 9.30. The summed E-state index contributed by atoms with van der Waals surface area (Å²) in [6, 6.07) is 8.81. The van der Waals surface area contributed by atoms with Gasteiger partial charge in [0.05, 0.1) is 6.54 Å². The quantitative estimate of drug-likeness (QED) is 0.769. The molecule has 0 spiro atoms. The molecule has 1 rings (SSSR count). The van der Waals surface area contributed by atoms with Gasteiger partial charge >= 0.3 is 6.09 Å². The zero-order chi connectivity index (χ0) is 11.8. The molecule has 0 saturated carbocycles. The van der Waals surface area contributed by atoms with Crippen LogP contribution in [0, 0.1) is 0 Å². The third kappa shape index (κ3) is 4.29. The molecular formula is C11H15NO4. The van der Waals surface area contributed by atoms with E-state index in [0.717, 1.165) is 0 Å². The van der Waals surface area contributed by atoms with Crippen molar-refractivity contribution < 1.29 is 19.0 Å². The first-order valence-electron chi connectivity index (χ1n) is 4.82. The summed E-state index contributed by atoms with van der Waals surface area (Å²) in [6.45, 7) is 0.235. The Labute approximate surface area is 94.3 Å². The Kier molecular flexibility index (Phi) is 5.31. The van der Waals surface area contributed by atoms with E-state index in [4.69, 9.17) is 14.2 Å². The topological polar surface area (TPSA) is 56.8 Å². The number of amides is 1. The van der Waals surface area contributed by atoms with Crippen LogP contribution < -0.4 is 10.1 Å². The predicted molar refractivity (Wildman–Crippen MR) is 58.3 cm³/mol. The first-order chi connectivity index (χ1) is 7.76. The molecule has 16 heavy (non-hydrogen) atoms. The fourth-order valence-electron chi connectivity index (χ4n) is 1.06. The van der Waals surface area contributed by atoms with Crippen LogP contribution in [-0.2, 0) is 9.47 Å². The van der Waals surface area contributed by atoms with Gasteiger partial charge in [-0.25, -0.2) is 4.79 Å². The van der Waals surface area contributed by atoms with E-state index in [2.05, 4.69) is 5.32 Å². The molecule has 0 aromatic heterocycles. The van der Waals surface area contributed by atoms with Crippen LogP contribution in [0.1, 0.15) is 0 Å². The molecule has 5 nitrogen and oxygen atoms in total. The molecule has 0 fully saturated rings. The van der Waals surface area contributed by atoms with Gasteiger partial charge in [0.2, 0.25) is 0 Å². The van der Waals surface area contributed by atoms with Crippen molar-refractivity contribution in [2.24, 2.45) is 0 Å². The van der Waals surface area contributed by atoms with Crippen molar-refractivity contribution in [2.75, 3.05) is 20.8 Å². The van der Waals surface area contributed by atoms with Crippen LogP contribution >= 0.6 is 0 Å². The average molecular weight is 225 g/mol. The maximum absolute atomic E-state index is 11.3. The van der Waals surface area contributed by atoms with Crippen molar-refractivity contribution in [1.29, 1.82) is 0 Å². The van der Waals surface area contributed by atoms with Crippen LogP contribution in [0.3, 0.4) is 0 Å². The van der Waals surface area contributed by atoms with Crippen LogP contribution in [0.2, 0.25) is 0 Å². The van der Waals surface area contributed by atoms with Gasteiger partial charge in [-0.2, -0.15) is 0 Å². The first kappa shape index (κ1) is 12.5. The van der Waals surface area contributed by atoms with Crippen molar-refractivity contribution in [1.82, 2.24) is 5.32 Å². The third-order valence-electron chi connectivity index (χ3n) is 1.89. The lowest BCUT2D eigenvalue weighted by molar-refractivity contribution is -0.0976. The standard InChI is InChI=1S/C11H15NO4/c1-14-10(15-2)8-12-11(13)16-9-6-4-3-5-7-9/h3-7,10H,8H2,1-2H3,(H,12,13). The number of hydrogen-bond acceptors (Lipinski definition) is 4. The van der Waals surface area contributed by atoms with E-state index in [9.17, 15) is 4.79 Å². The van der Waals surface area contributed by atoms with Crippen molar-refractivity contribution in [2.45, 2.75) is 6.29 Å². The smallest absolute Gasteiger partial charge is 0.410 e. The molecule has 1 N–H and O–H groups in total. The van der Waals surface area contributed by atoms with Crippen molar-refractivity contribution in [3.63, 3.8) is 0 Å². The van der Waals surface area contributed by atoms with E-state index in [-0.39, 0.29) is 6.54 Å². The fourth-order valence-corrected chi connectivity index (χ4v) is 1.06. The second-order valence-corrected chi connectivity index (χ2v) is 2.98. The highest BCUT2D eigenvalue weighted by atomic mass is 16.7. The Balaban J connectivity index is 2.31. The summed E-state index contributed by atoms with van der Waals surface area (Å²) in [5.74, 6) is 0.492. The molecular weight excluding hydrogens is 210 g/mol. The van der Waals surface area contributed by atoms with E-state index in [1.807, 2.05) is 6.07 Å². The number of para-hydroxylation sites is 1. The highest BCUT2D eigenvalue weighted by molar-refractivity contribution is 5.70. The van der Waals surface area contributed by atoms with Crippen molar-refractivity contribution >= 4 is 6.09 Å². The van der Waals surface area contributed by atoms with Gasteiger partial charge in [-0.1, -0.05) is 18.2 Å². The molecule has 0 aliphatic heterocycles. The van der Waals surface area contributed by atoms with Gasteiger partial charge in [-0.15, -0.1) is 0 Å². The number of nitrogens with one attached hydrogen (secondary N) is 1. The molecule has 0 atom stereocenters. The Hall–Kier alpha value is -1.59. The van der Waals surface area contributed by atoms with Gasteiger partial charge in [0.25, 0.3) is 0 Å². The average Bonchev–Trinajstić information content (AvgIpc) is 2.31. The maximum Gasteiger partial charge on any atom is 0.412 e. The number of benzene rings is 1. The van der Waals surface area contributed by atoms with Crippen molar-refractivity contribution in [3.8, 4) is 5.75 Å². The van der Waals surface area contributed by atoms with Gasteiger partial charge in [-0.05, 0) is 12.1 Å². The normalized spacial score (nSPS) is 10.2. The Morgan fingerprint density at radius 3 is 2.44 bits per heavy atom. The highest BCUT2D eigenvalue weighted by Crippen LogP contribution is 2.07. The molecule has 0 aliphatic carbocycles. The molecule has 0 aliphatic rings. The maximum atomic E-state index is 11.3. The third-order valence-corrected chi connectivity index (χ3v) is 1.89. The number of methoxy groups -OCH3 is 2. The molecule has 0 saturated heterocycles. The Morgan fingerprint density at radius 1 is 1.25 bits per heavy atom. The fraction of sp³-hybridized carbons (Fsp3) is 0.364. The number of ether oxygens (including phenoxy) is 3. The number of hydrogen-bond donors (Lipinski definition) is 1. The molecule has 0 bridgehead atoms. The lowest BCUT2D eigenvalue weighted by Crippen LogP contribution is -2.35. The van der Waals surface area contributed by atoms with Crippen LogP contribution in [0.15, 0.2) is 30.3 Å². The van der Waals surface area contributed by atoms with Crippen LogP contribution in [-0.4, -0.2) is 33.1 Å². The predicted octanol–water partition coefficient (Wildman–Crippen LogP) is 1.39. The summed E-state index contributed by atoms with van der Waals surface area (Å²) in [5.41, 5.74) is 0. The van der Waals surface area contributed by atoms with Crippen LogP contribution in [0.25, 0.3) is 0 Å². The number of carbonyl (C=O) groups is 1. The van der Waals surface area contributed by atoms with E-state index < -0.39 is 12.4 Å². The minimum absolute atomic E-state index is 0.235. The minimum Gasteiger partial charge on any atom is -0.410 e. The molecule has 0 radical (unpaired) electrons. The second-order valence-electron chi connectivity index (χ2n) is 2.98. The summed E-state index contributed by atoms with van der Waals surface area (Å²) in [6.07, 6.45) is -1.01.